The molecule has 0 spiro atoms. The molecule has 0 saturated heterocycles. The van der Waals surface area contributed by atoms with E-state index in [9.17, 15) is 4.79 Å². The van der Waals surface area contributed by atoms with Gasteiger partial charge >= 0.3 is 0 Å². The molecule has 2 aromatic rings. The maximum absolute atomic E-state index is 11.6. The molecule has 1 atom stereocenters. The van der Waals surface area contributed by atoms with Gasteiger partial charge in [-0.3, -0.25) is 4.79 Å². The number of oxime groups is 1. The number of rotatable bonds is 6. The third-order valence-corrected chi connectivity index (χ3v) is 2.85. The van der Waals surface area contributed by atoms with Crippen molar-refractivity contribution in [2.75, 3.05) is 7.11 Å². The van der Waals surface area contributed by atoms with Gasteiger partial charge in [0.2, 0.25) is 5.91 Å². The van der Waals surface area contributed by atoms with Crippen molar-refractivity contribution in [2.24, 2.45) is 10.9 Å². The van der Waals surface area contributed by atoms with Gasteiger partial charge in [-0.25, -0.2) is 0 Å². The fraction of sp³-hybridized carbons (Fsp3) is 0.125. The van der Waals surface area contributed by atoms with Gasteiger partial charge in [0.25, 0.3) is 0 Å². The van der Waals surface area contributed by atoms with E-state index in [2.05, 4.69) is 9.99 Å². The average molecular weight is 284 g/mol. The van der Waals surface area contributed by atoms with Crippen LogP contribution in [0.15, 0.2) is 59.8 Å². The lowest BCUT2D eigenvalue weighted by Gasteiger charge is -2.14. The molecule has 2 N–H and O–H groups in total. The Bertz CT molecular complexity index is 626. The molecule has 1 unspecified atom stereocenters. The van der Waals surface area contributed by atoms with Gasteiger partial charge in [0, 0.05) is 5.56 Å². The van der Waals surface area contributed by atoms with Gasteiger partial charge in [0.15, 0.2) is 0 Å². The van der Waals surface area contributed by atoms with E-state index < -0.39 is 11.8 Å². The van der Waals surface area contributed by atoms with Gasteiger partial charge in [-0.1, -0.05) is 41.6 Å². The highest BCUT2D eigenvalue weighted by atomic mass is 16.6. The molecule has 1 amide bonds. The summed E-state index contributed by atoms with van der Waals surface area (Å²) >= 11 is 0. The third kappa shape index (κ3) is 3.82. The molecule has 0 heterocycles. The first-order valence-corrected chi connectivity index (χ1v) is 6.40. The molecule has 0 aliphatic carbocycles. The minimum Gasteiger partial charge on any atom is -0.457 e. The highest BCUT2D eigenvalue weighted by molar-refractivity contribution is 5.98. The highest BCUT2D eigenvalue weighted by Crippen LogP contribution is 2.29. The Hall–Kier alpha value is -2.82. The lowest BCUT2D eigenvalue weighted by molar-refractivity contribution is -0.118. The largest absolute Gasteiger partial charge is 0.457 e. The van der Waals surface area contributed by atoms with Gasteiger partial charge in [0.1, 0.15) is 24.5 Å². The van der Waals surface area contributed by atoms with Gasteiger partial charge in [0.05, 0.1) is 6.21 Å². The number of amides is 1. The lowest BCUT2D eigenvalue weighted by Crippen LogP contribution is -2.23. The van der Waals surface area contributed by atoms with E-state index in [0.29, 0.717) is 17.1 Å². The highest BCUT2D eigenvalue weighted by Gasteiger charge is 2.20. The number of nitrogens with zero attached hydrogens (tertiary/aromatic N) is 1. The summed E-state index contributed by atoms with van der Waals surface area (Å²) in [7, 11) is 1.40. The van der Waals surface area contributed by atoms with Crippen molar-refractivity contribution in [2.45, 2.75) is 5.92 Å². The van der Waals surface area contributed by atoms with Crippen LogP contribution in [0.25, 0.3) is 0 Å². The van der Waals surface area contributed by atoms with Crippen LogP contribution < -0.4 is 10.5 Å². The summed E-state index contributed by atoms with van der Waals surface area (Å²) in [6.07, 6.45) is 1.36. The summed E-state index contributed by atoms with van der Waals surface area (Å²) in [6.45, 7) is 0. The van der Waals surface area contributed by atoms with Crippen molar-refractivity contribution in [3.63, 3.8) is 0 Å². The fourth-order valence-electron chi connectivity index (χ4n) is 1.87. The smallest absolute Gasteiger partial charge is 0.230 e. The summed E-state index contributed by atoms with van der Waals surface area (Å²) in [5.74, 6) is -0.0170. The number of ether oxygens (including phenoxy) is 1. The van der Waals surface area contributed by atoms with Crippen molar-refractivity contribution in [3.05, 3.63) is 60.2 Å². The molecule has 2 aromatic carbocycles. The van der Waals surface area contributed by atoms with E-state index in [-0.39, 0.29) is 0 Å². The number of carbonyl (C=O) groups excluding carboxylic acids is 1. The molecule has 108 valence electrons. The predicted octanol–water partition coefficient (Wildman–Crippen LogP) is 2.68. The van der Waals surface area contributed by atoms with Crippen molar-refractivity contribution in [1.29, 1.82) is 0 Å². The number of carbonyl (C=O) groups is 1. The first-order chi connectivity index (χ1) is 10.2. The quantitative estimate of drug-likeness (QED) is 0.654. The molecule has 21 heavy (non-hydrogen) atoms. The van der Waals surface area contributed by atoms with E-state index in [1.165, 1.54) is 13.3 Å². The van der Waals surface area contributed by atoms with Crippen LogP contribution in [0, 0.1) is 0 Å². The normalized spacial score (nSPS) is 12.0. The molecule has 5 nitrogen and oxygen atoms in total. The molecular formula is C16H16N2O3. The fourth-order valence-corrected chi connectivity index (χ4v) is 1.87. The second-order valence-electron chi connectivity index (χ2n) is 4.27. The van der Waals surface area contributed by atoms with Crippen LogP contribution >= 0.6 is 0 Å². The van der Waals surface area contributed by atoms with Crippen LogP contribution in [-0.4, -0.2) is 19.2 Å². The minimum atomic E-state index is -0.718. The maximum atomic E-state index is 11.6. The Kier molecular flexibility index (Phi) is 4.93. The SMILES string of the molecule is CON=CC(C(N)=O)c1ccccc1Oc1ccccc1. The van der Waals surface area contributed by atoms with Crippen LogP contribution in [-0.2, 0) is 9.63 Å². The predicted molar refractivity (Wildman–Crippen MR) is 80.4 cm³/mol. The van der Waals surface area contributed by atoms with Crippen LogP contribution in [0.4, 0.5) is 0 Å². The second-order valence-corrected chi connectivity index (χ2v) is 4.27. The second kappa shape index (κ2) is 7.09. The lowest BCUT2D eigenvalue weighted by atomic mass is 9.99. The number of nitrogens with two attached hydrogens (primary N) is 1. The molecular weight excluding hydrogens is 268 g/mol. The molecule has 0 aliphatic rings. The monoisotopic (exact) mass is 284 g/mol. The number of benzene rings is 2. The van der Waals surface area contributed by atoms with Crippen LogP contribution in [0.5, 0.6) is 11.5 Å². The molecule has 5 heteroatoms. The number of para-hydroxylation sites is 2. The van der Waals surface area contributed by atoms with E-state index in [1.807, 2.05) is 42.5 Å². The van der Waals surface area contributed by atoms with Gasteiger partial charge in [-0.05, 0) is 18.2 Å². The minimum absolute atomic E-state index is 0.528. The van der Waals surface area contributed by atoms with Gasteiger partial charge in [-0.15, -0.1) is 0 Å². The number of hydrogen-bond acceptors (Lipinski definition) is 4. The van der Waals surface area contributed by atoms with E-state index in [0.717, 1.165) is 0 Å². The molecule has 2 rings (SSSR count). The summed E-state index contributed by atoms with van der Waals surface area (Å²) in [5.41, 5.74) is 6.06. The zero-order chi connectivity index (χ0) is 15.1. The molecule has 0 aromatic heterocycles. The van der Waals surface area contributed by atoms with Crippen LogP contribution in [0.2, 0.25) is 0 Å². The average Bonchev–Trinajstić information content (AvgIpc) is 2.50. The standard InChI is InChI=1S/C16H16N2O3/c1-20-18-11-14(16(17)19)13-9-5-6-10-15(13)21-12-7-3-2-4-8-12/h2-11,14H,1H3,(H2,17,19). The Morgan fingerprint density at radius 2 is 1.81 bits per heavy atom. The summed E-state index contributed by atoms with van der Waals surface area (Å²) < 4.78 is 5.81. The van der Waals surface area contributed by atoms with Crippen molar-refractivity contribution in [3.8, 4) is 11.5 Å². The van der Waals surface area contributed by atoms with Crippen molar-refractivity contribution < 1.29 is 14.4 Å². The third-order valence-electron chi connectivity index (χ3n) is 2.85. The van der Waals surface area contributed by atoms with Gasteiger partial charge in [-0.2, -0.15) is 0 Å². The van der Waals surface area contributed by atoms with Crippen LogP contribution in [0.3, 0.4) is 0 Å². The molecule has 0 fully saturated rings. The summed E-state index contributed by atoms with van der Waals surface area (Å²) in [6, 6.07) is 16.5. The summed E-state index contributed by atoms with van der Waals surface area (Å²) in [4.78, 5) is 16.3. The summed E-state index contributed by atoms with van der Waals surface area (Å²) in [5, 5.41) is 3.64. The Labute approximate surface area is 123 Å². The topological polar surface area (TPSA) is 73.9 Å². The zero-order valence-corrected chi connectivity index (χ0v) is 11.6. The zero-order valence-electron chi connectivity index (χ0n) is 11.6. The first-order valence-electron chi connectivity index (χ1n) is 6.40. The number of hydrogen-bond donors (Lipinski definition) is 1. The molecule has 0 bridgehead atoms. The van der Waals surface area contributed by atoms with Crippen molar-refractivity contribution in [1.82, 2.24) is 0 Å². The maximum Gasteiger partial charge on any atom is 0.230 e. The molecule has 0 saturated carbocycles. The van der Waals surface area contributed by atoms with E-state index >= 15 is 0 Å². The van der Waals surface area contributed by atoms with E-state index in [4.69, 9.17) is 10.5 Å². The Morgan fingerprint density at radius 1 is 1.14 bits per heavy atom. The van der Waals surface area contributed by atoms with Gasteiger partial charge < -0.3 is 15.3 Å². The Balaban J connectivity index is 2.35. The van der Waals surface area contributed by atoms with E-state index in [1.54, 1.807) is 12.1 Å². The van der Waals surface area contributed by atoms with Crippen LogP contribution in [0.1, 0.15) is 11.5 Å². The first kappa shape index (κ1) is 14.6. The molecule has 0 radical (unpaired) electrons. The van der Waals surface area contributed by atoms with Crippen molar-refractivity contribution >= 4 is 12.1 Å². The Morgan fingerprint density at radius 3 is 2.48 bits per heavy atom. The number of primary amides is 1. The molecule has 0 aliphatic heterocycles.